The summed E-state index contributed by atoms with van der Waals surface area (Å²) in [6.45, 7) is 0.686. The minimum atomic E-state index is 0.0127. The average molecular weight is 183 g/mol. The first-order valence-corrected chi connectivity index (χ1v) is 4.04. The molecule has 0 bridgehead atoms. The number of hydrogen-bond donors (Lipinski definition) is 0. The maximum Gasteiger partial charge on any atom is 0.188 e. The first kappa shape index (κ1) is 7.77. The minimum absolute atomic E-state index is 0.0127. The molecule has 0 fully saturated rings. The molecule has 0 radical (unpaired) electrons. The first-order chi connectivity index (χ1) is 5.77. The molecule has 0 N–H and O–H groups in total. The van der Waals surface area contributed by atoms with Gasteiger partial charge in [-0.05, 0) is 17.7 Å². The van der Waals surface area contributed by atoms with E-state index in [1.54, 1.807) is 12.1 Å². The van der Waals surface area contributed by atoms with Crippen molar-refractivity contribution in [2.24, 2.45) is 0 Å². The third-order valence-electron chi connectivity index (χ3n) is 1.86. The topological polar surface area (TPSA) is 26.3 Å². The van der Waals surface area contributed by atoms with Crippen molar-refractivity contribution in [1.82, 2.24) is 0 Å². The molecule has 0 saturated carbocycles. The van der Waals surface area contributed by atoms with Crippen molar-refractivity contribution in [3.63, 3.8) is 0 Å². The summed E-state index contributed by atoms with van der Waals surface area (Å²) >= 11 is 5.75. The van der Waals surface area contributed by atoms with Gasteiger partial charge >= 0.3 is 0 Å². The maximum atomic E-state index is 11.3. The molecule has 2 rings (SSSR count). The van der Waals surface area contributed by atoms with Crippen LogP contribution >= 0.6 is 11.6 Å². The Hall–Kier alpha value is -0.860. The van der Waals surface area contributed by atoms with E-state index in [2.05, 4.69) is 0 Å². The van der Waals surface area contributed by atoms with E-state index >= 15 is 0 Å². The molecular weight excluding hydrogens is 176 g/mol. The lowest BCUT2D eigenvalue weighted by molar-refractivity contribution is 0.0665. The number of carbonyl (C=O) groups excluding carboxylic acids is 1. The van der Waals surface area contributed by atoms with Gasteiger partial charge in [-0.25, -0.2) is 0 Å². The smallest absolute Gasteiger partial charge is 0.188 e. The number of fused-ring (bicyclic) bond motifs is 1. The van der Waals surface area contributed by atoms with E-state index in [9.17, 15) is 4.79 Å². The molecular formula is C9H7ClO2. The van der Waals surface area contributed by atoms with Crippen LogP contribution in [-0.4, -0.2) is 12.4 Å². The largest absolute Gasteiger partial charge is 0.369 e. The van der Waals surface area contributed by atoms with Gasteiger partial charge in [-0.1, -0.05) is 17.7 Å². The Morgan fingerprint density at radius 3 is 3.00 bits per heavy atom. The van der Waals surface area contributed by atoms with Crippen LogP contribution in [0.4, 0.5) is 0 Å². The third kappa shape index (κ3) is 1.24. The normalized spacial score (nSPS) is 15.9. The zero-order valence-corrected chi connectivity index (χ0v) is 7.10. The van der Waals surface area contributed by atoms with Crippen molar-refractivity contribution in [3.8, 4) is 0 Å². The predicted molar refractivity (Wildman–Crippen MR) is 45.4 cm³/mol. The SMILES string of the molecule is O=C1COCc2ccc(Cl)cc21. The molecule has 1 aliphatic rings. The van der Waals surface area contributed by atoms with Crippen LogP contribution in [0, 0.1) is 0 Å². The molecule has 1 aliphatic heterocycles. The summed E-state index contributed by atoms with van der Waals surface area (Å²) in [6, 6.07) is 5.29. The fraction of sp³-hybridized carbons (Fsp3) is 0.222. The number of Topliss-reactive ketones (excluding diaryl/α,β-unsaturated/α-hetero) is 1. The van der Waals surface area contributed by atoms with Crippen molar-refractivity contribution in [2.45, 2.75) is 6.61 Å². The van der Waals surface area contributed by atoms with Crippen molar-refractivity contribution in [3.05, 3.63) is 34.3 Å². The fourth-order valence-electron chi connectivity index (χ4n) is 1.27. The molecule has 1 aromatic rings. The second-order valence-corrected chi connectivity index (χ2v) is 3.15. The van der Waals surface area contributed by atoms with Crippen LogP contribution in [0.5, 0.6) is 0 Å². The molecule has 3 heteroatoms. The van der Waals surface area contributed by atoms with Gasteiger partial charge in [0.1, 0.15) is 6.61 Å². The Kier molecular flexibility index (Phi) is 1.87. The second-order valence-electron chi connectivity index (χ2n) is 2.72. The van der Waals surface area contributed by atoms with Gasteiger partial charge in [-0.2, -0.15) is 0 Å². The highest BCUT2D eigenvalue weighted by Crippen LogP contribution is 2.20. The molecule has 0 saturated heterocycles. The lowest BCUT2D eigenvalue weighted by Crippen LogP contribution is -2.17. The van der Waals surface area contributed by atoms with Gasteiger partial charge in [0.2, 0.25) is 0 Å². The van der Waals surface area contributed by atoms with Crippen molar-refractivity contribution < 1.29 is 9.53 Å². The molecule has 12 heavy (non-hydrogen) atoms. The highest BCUT2D eigenvalue weighted by Gasteiger charge is 2.16. The minimum Gasteiger partial charge on any atom is -0.369 e. The number of ketones is 1. The fourth-order valence-corrected chi connectivity index (χ4v) is 1.44. The van der Waals surface area contributed by atoms with Crippen molar-refractivity contribution in [2.75, 3.05) is 6.61 Å². The molecule has 62 valence electrons. The quantitative estimate of drug-likeness (QED) is 0.614. The van der Waals surface area contributed by atoms with Gasteiger partial charge in [0, 0.05) is 10.6 Å². The predicted octanol–water partition coefficient (Wildman–Crippen LogP) is 2.05. The van der Waals surface area contributed by atoms with E-state index in [1.165, 1.54) is 0 Å². The van der Waals surface area contributed by atoms with E-state index in [1.807, 2.05) is 6.07 Å². The lowest BCUT2D eigenvalue weighted by Gasteiger charge is -2.14. The van der Waals surface area contributed by atoms with Gasteiger partial charge in [0.05, 0.1) is 6.61 Å². The zero-order chi connectivity index (χ0) is 8.55. The Labute approximate surface area is 75.1 Å². The summed E-state index contributed by atoms with van der Waals surface area (Å²) in [4.78, 5) is 11.3. The van der Waals surface area contributed by atoms with E-state index in [0.717, 1.165) is 5.56 Å². The van der Waals surface area contributed by atoms with Crippen LogP contribution in [-0.2, 0) is 11.3 Å². The van der Waals surface area contributed by atoms with E-state index in [4.69, 9.17) is 16.3 Å². The molecule has 0 spiro atoms. The number of carbonyl (C=O) groups is 1. The van der Waals surface area contributed by atoms with Gasteiger partial charge < -0.3 is 4.74 Å². The molecule has 0 aromatic heterocycles. The van der Waals surface area contributed by atoms with Crippen LogP contribution in [0.2, 0.25) is 5.02 Å². The number of ether oxygens (including phenoxy) is 1. The lowest BCUT2D eigenvalue weighted by atomic mass is 10.0. The van der Waals surface area contributed by atoms with Crippen LogP contribution in [0.25, 0.3) is 0 Å². The summed E-state index contributed by atoms with van der Waals surface area (Å²) in [5.74, 6) is 0.0127. The van der Waals surface area contributed by atoms with E-state index < -0.39 is 0 Å². The zero-order valence-electron chi connectivity index (χ0n) is 6.34. The second kappa shape index (κ2) is 2.88. The van der Waals surface area contributed by atoms with Gasteiger partial charge in [0.25, 0.3) is 0 Å². The van der Waals surface area contributed by atoms with E-state index in [0.29, 0.717) is 17.2 Å². The average Bonchev–Trinajstić information content (AvgIpc) is 2.07. The van der Waals surface area contributed by atoms with Gasteiger partial charge in [0.15, 0.2) is 5.78 Å². The number of halogens is 1. The summed E-state index contributed by atoms with van der Waals surface area (Å²) in [5.41, 5.74) is 1.63. The van der Waals surface area contributed by atoms with Crippen molar-refractivity contribution in [1.29, 1.82) is 0 Å². The maximum absolute atomic E-state index is 11.3. The highest BCUT2D eigenvalue weighted by molar-refractivity contribution is 6.31. The summed E-state index contributed by atoms with van der Waals surface area (Å²) < 4.78 is 5.06. The van der Waals surface area contributed by atoms with Crippen LogP contribution in [0.1, 0.15) is 15.9 Å². The molecule has 2 nitrogen and oxygen atoms in total. The molecule has 0 unspecified atom stereocenters. The Morgan fingerprint density at radius 2 is 2.17 bits per heavy atom. The highest BCUT2D eigenvalue weighted by atomic mass is 35.5. The number of rotatable bonds is 0. The van der Waals surface area contributed by atoms with Gasteiger partial charge in [-0.3, -0.25) is 4.79 Å². The summed E-state index contributed by atoms with van der Waals surface area (Å²) in [7, 11) is 0. The molecule has 1 heterocycles. The Morgan fingerprint density at radius 1 is 1.33 bits per heavy atom. The monoisotopic (exact) mass is 182 g/mol. The summed E-state index contributed by atoms with van der Waals surface area (Å²) in [6.07, 6.45) is 0. The third-order valence-corrected chi connectivity index (χ3v) is 2.10. The molecule has 0 atom stereocenters. The van der Waals surface area contributed by atoms with Crippen LogP contribution in [0.15, 0.2) is 18.2 Å². The molecule has 0 aliphatic carbocycles. The number of hydrogen-bond acceptors (Lipinski definition) is 2. The number of benzene rings is 1. The van der Waals surface area contributed by atoms with Gasteiger partial charge in [-0.15, -0.1) is 0 Å². The van der Waals surface area contributed by atoms with Crippen molar-refractivity contribution >= 4 is 17.4 Å². The first-order valence-electron chi connectivity index (χ1n) is 3.67. The van der Waals surface area contributed by atoms with E-state index in [-0.39, 0.29) is 12.4 Å². The summed E-state index contributed by atoms with van der Waals surface area (Å²) in [5, 5.41) is 0.601. The van der Waals surface area contributed by atoms with Crippen LogP contribution in [0.3, 0.4) is 0 Å². The Balaban J connectivity index is 2.54. The standard InChI is InChI=1S/C9H7ClO2/c10-7-2-1-6-4-12-5-9(11)8(6)3-7/h1-3H,4-5H2. The molecule has 0 amide bonds. The van der Waals surface area contributed by atoms with Crippen LogP contribution < -0.4 is 0 Å². The Bertz CT molecular complexity index is 333. The molecule has 1 aromatic carbocycles.